The van der Waals surface area contributed by atoms with Gasteiger partial charge in [-0.25, -0.2) is 4.39 Å². The van der Waals surface area contributed by atoms with E-state index in [1.54, 1.807) is 22.9 Å². The predicted molar refractivity (Wildman–Crippen MR) is 123 cm³/mol. The molecule has 0 spiro atoms. The Bertz CT molecular complexity index is 1260. The number of halogens is 1. The highest BCUT2D eigenvalue weighted by Gasteiger charge is 2.25. The average Bonchev–Trinajstić information content (AvgIpc) is 3.23. The molecule has 2 fully saturated rings. The molecule has 2 aliphatic rings. The summed E-state index contributed by atoms with van der Waals surface area (Å²) >= 11 is 0. The Labute approximate surface area is 194 Å². The van der Waals surface area contributed by atoms with Crippen molar-refractivity contribution >= 4 is 35.4 Å². The van der Waals surface area contributed by atoms with Crippen LogP contribution >= 0.6 is 0 Å². The summed E-state index contributed by atoms with van der Waals surface area (Å²) in [5, 5.41) is 9.99. The molecule has 0 bridgehead atoms. The van der Waals surface area contributed by atoms with E-state index in [2.05, 4.69) is 20.6 Å². The molecule has 2 saturated heterocycles. The second kappa shape index (κ2) is 9.56. The van der Waals surface area contributed by atoms with Crippen LogP contribution in [0.5, 0.6) is 0 Å². The van der Waals surface area contributed by atoms with Crippen LogP contribution < -0.4 is 15.5 Å². The number of carbonyl (C=O) groups is 2. The average molecular weight is 465 g/mol. The number of amides is 2. The van der Waals surface area contributed by atoms with Crippen LogP contribution in [0.25, 0.3) is 11.7 Å². The standard InChI is InChI=1S/C23H24FN7O3/c24-18-4-1-3-15(11-18)5-6-25-22-29-23(30-7-2-9-34-10-8-30)28-20-17(14-26-31(20)22)12-16-13-19(32)27-21(16)33/h1,3-4,11-12,14H,2,5-10,13H2,(H,25,28,29)(H,27,32,33)/b16-12+. The molecule has 0 radical (unpaired) electrons. The smallest absolute Gasteiger partial charge is 0.254 e. The zero-order valence-corrected chi connectivity index (χ0v) is 18.5. The Kier molecular flexibility index (Phi) is 6.17. The number of benzene rings is 1. The molecule has 4 heterocycles. The van der Waals surface area contributed by atoms with Crippen LogP contribution in [0, 0.1) is 5.82 Å². The number of imide groups is 1. The summed E-state index contributed by atoms with van der Waals surface area (Å²) in [6.45, 7) is 3.17. The Balaban J connectivity index is 1.48. The van der Waals surface area contributed by atoms with Gasteiger partial charge in [0.2, 0.25) is 17.8 Å². The van der Waals surface area contributed by atoms with Gasteiger partial charge in [0, 0.05) is 37.4 Å². The summed E-state index contributed by atoms with van der Waals surface area (Å²) in [6, 6.07) is 6.48. The summed E-state index contributed by atoms with van der Waals surface area (Å²) < 4.78 is 20.6. The van der Waals surface area contributed by atoms with Gasteiger partial charge in [-0.05, 0) is 36.6 Å². The molecular weight excluding hydrogens is 441 g/mol. The molecule has 2 aliphatic heterocycles. The highest BCUT2D eigenvalue weighted by molar-refractivity contribution is 6.15. The number of rotatable bonds is 6. The highest BCUT2D eigenvalue weighted by Crippen LogP contribution is 2.22. The van der Waals surface area contributed by atoms with Gasteiger partial charge >= 0.3 is 0 Å². The largest absolute Gasteiger partial charge is 0.380 e. The molecule has 2 aromatic heterocycles. The van der Waals surface area contributed by atoms with Crippen molar-refractivity contribution in [2.24, 2.45) is 0 Å². The fourth-order valence-corrected chi connectivity index (χ4v) is 4.01. The number of aromatic nitrogens is 4. The van der Waals surface area contributed by atoms with Gasteiger partial charge in [0.1, 0.15) is 5.82 Å². The Morgan fingerprint density at radius 1 is 1.21 bits per heavy atom. The number of nitrogens with one attached hydrogen (secondary N) is 2. The number of carbonyl (C=O) groups excluding carboxylic acids is 2. The molecule has 0 aliphatic carbocycles. The van der Waals surface area contributed by atoms with Crippen LogP contribution in [0.1, 0.15) is 24.0 Å². The first-order valence-corrected chi connectivity index (χ1v) is 11.2. The number of ether oxygens (including phenoxy) is 1. The molecule has 0 saturated carbocycles. The lowest BCUT2D eigenvalue weighted by Crippen LogP contribution is -2.28. The first kappa shape index (κ1) is 22.0. The maximum atomic E-state index is 13.5. The Hall–Kier alpha value is -3.86. The molecule has 34 heavy (non-hydrogen) atoms. The first-order chi connectivity index (χ1) is 16.6. The number of fused-ring (bicyclic) bond motifs is 1. The van der Waals surface area contributed by atoms with Gasteiger partial charge in [-0.2, -0.15) is 19.6 Å². The van der Waals surface area contributed by atoms with Crippen LogP contribution in [0.15, 0.2) is 36.0 Å². The molecule has 10 nitrogen and oxygen atoms in total. The lowest BCUT2D eigenvalue weighted by atomic mass is 10.1. The van der Waals surface area contributed by atoms with Crippen LogP contribution in [0.3, 0.4) is 0 Å². The van der Waals surface area contributed by atoms with Crippen molar-refractivity contribution < 1.29 is 18.7 Å². The van der Waals surface area contributed by atoms with Crippen LogP contribution in [-0.4, -0.2) is 64.2 Å². The Morgan fingerprint density at radius 3 is 2.94 bits per heavy atom. The fourth-order valence-electron chi connectivity index (χ4n) is 4.01. The zero-order chi connectivity index (χ0) is 23.5. The summed E-state index contributed by atoms with van der Waals surface area (Å²) in [7, 11) is 0. The SMILES string of the molecule is O=C1C/C(=C\c2cnn3c(NCCc4cccc(F)c4)nc(N4CCCOCC4)nc23)C(=O)N1. The molecule has 3 aromatic rings. The molecule has 0 unspecified atom stereocenters. The van der Waals surface area contributed by atoms with Gasteiger partial charge < -0.3 is 15.0 Å². The minimum Gasteiger partial charge on any atom is -0.380 e. The van der Waals surface area contributed by atoms with E-state index >= 15 is 0 Å². The van der Waals surface area contributed by atoms with E-state index in [-0.39, 0.29) is 18.1 Å². The monoisotopic (exact) mass is 465 g/mol. The summed E-state index contributed by atoms with van der Waals surface area (Å²) in [5.41, 5.74) is 2.36. The third-order valence-electron chi connectivity index (χ3n) is 5.70. The fraction of sp³-hybridized carbons (Fsp3) is 0.348. The normalized spacial score (nSPS) is 17.9. The Morgan fingerprint density at radius 2 is 2.12 bits per heavy atom. The number of hydrogen-bond donors (Lipinski definition) is 2. The molecule has 1 aromatic carbocycles. The zero-order valence-electron chi connectivity index (χ0n) is 18.5. The van der Waals surface area contributed by atoms with Crippen molar-refractivity contribution in [2.45, 2.75) is 19.3 Å². The van der Waals surface area contributed by atoms with E-state index in [1.807, 2.05) is 6.07 Å². The van der Waals surface area contributed by atoms with Crippen molar-refractivity contribution in [1.82, 2.24) is 24.9 Å². The first-order valence-electron chi connectivity index (χ1n) is 11.2. The third-order valence-corrected chi connectivity index (χ3v) is 5.70. The van der Waals surface area contributed by atoms with Crippen molar-refractivity contribution in [1.29, 1.82) is 0 Å². The van der Waals surface area contributed by atoms with E-state index in [9.17, 15) is 14.0 Å². The number of nitrogens with zero attached hydrogens (tertiary/aromatic N) is 5. The quantitative estimate of drug-likeness (QED) is 0.417. The van der Waals surface area contributed by atoms with Crippen molar-refractivity contribution in [3.63, 3.8) is 0 Å². The van der Waals surface area contributed by atoms with Crippen LogP contribution in [0.2, 0.25) is 0 Å². The van der Waals surface area contributed by atoms with Crippen molar-refractivity contribution in [2.75, 3.05) is 43.1 Å². The van der Waals surface area contributed by atoms with Gasteiger partial charge in [-0.3, -0.25) is 14.9 Å². The third kappa shape index (κ3) is 4.74. The molecule has 0 atom stereocenters. The summed E-state index contributed by atoms with van der Waals surface area (Å²) in [6.07, 6.45) is 4.71. The highest BCUT2D eigenvalue weighted by atomic mass is 19.1. The maximum absolute atomic E-state index is 13.5. The van der Waals surface area contributed by atoms with Gasteiger partial charge in [0.25, 0.3) is 5.91 Å². The lowest BCUT2D eigenvalue weighted by molar-refractivity contribution is -0.124. The predicted octanol–water partition coefficient (Wildman–Crippen LogP) is 1.57. The molecule has 5 rings (SSSR count). The number of anilines is 2. The second-order valence-electron chi connectivity index (χ2n) is 8.17. The van der Waals surface area contributed by atoms with Crippen LogP contribution in [0.4, 0.5) is 16.3 Å². The summed E-state index contributed by atoms with van der Waals surface area (Å²) in [4.78, 5) is 35.1. The summed E-state index contributed by atoms with van der Waals surface area (Å²) in [5.74, 6) is 0.00681. The van der Waals surface area contributed by atoms with E-state index in [0.717, 1.165) is 18.5 Å². The van der Waals surface area contributed by atoms with Crippen molar-refractivity contribution in [3.8, 4) is 0 Å². The molecule has 2 amide bonds. The minimum absolute atomic E-state index is 0.0241. The molecular formula is C23H24FN7O3. The molecule has 2 N–H and O–H groups in total. The maximum Gasteiger partial charge on any atom is 0.254 e. The van der Waals surface area contributed by atoms with Crippen LogP contribution in [-0.2, 0) is 20.7 Å². The van der Waals surface area contributed by atoms with Gasteiger partial charge in [0.15, 0.2) is 5.65 Å². The molecule has 176 valence electrons. The van der Waals surface area contributed by atoms with E-state index in [4.69, 9.17) is 14.7 Å². The second-order valence-corrected chi connectivity index (χ2v) is 8.17. The van der Waals surface area contributed by atoms with Gasteiger partial charge in [-0.15, -0.1) is 0 Å². The van der Waals surface area contributed by atoms with Gasteiger partial charge in [-0.1, -0.05) is 12.1 Å². The lowest BCUT2D eigenvalue weighted by Gasteiger charge is -2.20. The van der Waals surface area contributed by atoms with E-state index < -0.39 is 5.91 Å². The van der Waals surface area contributed by atoms with Gasteiger partial charge in [0.05, 0.1) is 19.2 Å². The van der Waals surface area contributed by atoms with Crippen molar-refractivity contribution in [3.05, 3.63) is 53.0 Å². The number of hydrogen-bond acceptors (Lipinski definition) is 8. The van der Waals surface area contributed by atoms with E-state index in [1.165, 1.54) is 12.1 Å². The minimum atomic E-state index is -0.406. The molecule has 11 heteroatoms. The van der Waals surface area contributed by atoms with E-state index in [0.29, 0.717) is 61.4 Å². The topological polar surface area (TPSA) is 114 Å².